The molecule has 45 heavy (non-hydrogen) atoms. The van der Waals surface area contributed by atoms with Crippen molar-refractivity contribution in [3.8, 4) is 46.2 Å². The fourth-order valence-corrected chi connectivity index (χ4v) is 5.61. The molecule has 9 nitrogen and oxygen atoms in total. The second-order valence-corrected chi connectivity index (χ2v) is 11.2. The molecule has 0 saturated heterocycles. The molecule has 2 amide bonds. The number of amides is 2. The van der Waals surface area contributed by atoms with E-state index >= 15 is 0 Å². The van der Waals surface area contributed by atoms with Crippen molar-refractivity contribution in [2.24, 2.45) is 0 Å². The van der Waals surface area contributed by atoms with E-state index in [4.69, 9.17) is 15.3 Å². The van der Waals surface area contributed by atoms with Gasteiger partial charge in [0.15, 0.2) is 10.3 Å². The first-order valence-electron chi connectivity index (χ1n) is 13.4. The van der Waals surface area contributed by atoms with Crippen LogP contribution in [-0.2, 0) is 0 Å². The Morgan fingerprint density at radius 3 is 1.31 bits per heavy atom. The number of thiazole rings is 2. The van der Waals surface area contributed by atoms with Crippen LogP contribution in [-0.4, -0.2) is 21.8 Å². The molecule has 6 aromatic rings. The van der Waals surface area contributed by atoms with E-state index < -0.39 is 0 Å². The molecule has 2 N–H and O–H groups in total. The van der Waals surface area contributed by atoms with Gasteiger partial charge in [-0.2, -0.15) is 10.5 Å². The first-order chi connectivity index (χ1) is 22.0. The summed E-state index contributed by atoms with van der Waals surface area (Å²) in [4.78, 5) is 34.5. The number of nitrogens with one attached hydrogen (secondary N) is 2. The normalized spacial score (nSPS) is 10.4. The Morgan fingerprint density at radius 2 is 0.956 bits per heavy atom. The average Bonchev–Trinajstić information content (AvgIpc) is 3.75. The zero-order chi connectivity index (χ0) is 31.2. The summed E-state index contributed by atoms with van der Waals surface area (Å²) in [6.07, 6.45) is 0. The van der Waals surface area contributed by atoms with Gasteiger partial charge < -0.3 is 4.74 Å². The molecule has 0 aliphatic heterocycles. The number of anilines is 2. The molecule has 0 aliphatic carbocycles. The molecule has 2 aromatic heterocycles. The van der Waals surface area contributed by atoms with Gasteiger partial charge in [-0.15, -0.1) is 22.7 Å². The zero-order valence-electron chi connectivity index (χ0n) is 23.2. The summed E-state index contributed by atoms with van der Waals surface area (Å²) >= 11 is 2.63. The van der Waals surface area contributed by atoms with Gasteiger partial charge in [0.2, 0.25) is 0 Å². The maximum absolute atomic E-state index is 12.8. The fourth-order valence-electron chi connectivity index (χ4n) is 4.18. The Hall–Kier alpha value is -6.14. The summed E-state index contributed by atoms with van der Waals surface area (Å²) in [7, 11) is 0. The summed E-state index contributed by atoms with van der Waals surface area (Å²) in [5, 5.41) is 28.2. The summed E-state index contributed by atoms with van der Waals surface area (Å²) in [5.41, 5.74) is 5.15. The molecule has 0 saturated carbocycles. The van der Waals surface area contributed by atoms with Crippen LogP contribution in [0.1, 0.15) is 31.8 Å². The molecule has 0 atom stereocenters. The quantitative estimate of drug-likeness (QED) is 0.175. The first-order valence-corrected chi connectivity index (χ1v) is 15.2. The molecule has 0 radical (unpaired) electrons. The number of nitriles is 2. The smallest absolute Gasteiger partial charge is 0.257 e. The molecule has 2 heterocycles. The number of benzene rings is 4. The van der Waals surface area contributed by atoms with Crippen molar-refractivity contribution in [1.29, 1.82) is 10.5 Å². The van der Waals surface area contributed by atoms with E-state index in [0.29, 0.717) is 55.4 Å². The van der Waals surface area contributed by atoms with Crippen LogP contribution < -0.4 is 15.4 Å². The predicted molar refractivity (Wildman–Crippen MR) is 173 cm³/mol. The van der Waals surface area contributed by atoms with Crippen LogP contribution in [0.25, 0.3) is 22.5 Å². The third-order valence-electron chi connectivity index (χ3n) is 6.54. The summed E-state index contributed by atoms with van der Waals surface area (Å²) in [6.45, 7) is 0. The van der Waals surface area contributed by atoms with E-state index in [-0.39, 0.29) is 11.8 Å². The summed E-state index contributed by atoms with van der Waals surface area (Å²) in [5.74, 6) is 0.447. The fraction of sp³-hybridized carbons (Fsp3) is 0. The van der Waals surface area contributed by atoms with Gasteiger partial charge in [0.25, 0.3) is 11.8 Å². The Morgan fingerprint density at radius 1 is 0.578 bits per heavy atom. The second-order valence-electron chi connectivity index (χ2n) is 9.51. The number of rotatable bonds is 8. The molecular formula is C34H20N6O3S2. The van der Waals surface area contributed by atoms with Crippen LogP contribution >= 0.6 is 22.7 Å². The second kappa shape index (κ2) is 13.0. The van der Waals surface area contributed by atoms with Crippen LogP contribution in [0.15, 0.2) is 108 Å². The molecular weight excluding hydrogens is 605 g/mol. The van der Waals surface area contributed by atoms with Gasteiger partial charge in [-0.25, -0.2) is 9.97 Å². The monoisotopic (exact) mass is 624 g/mol. The standard InChI is InChI=1S/C34H20N6O3S2/c35-17-21-1-5-23(6-2-21)29-19-44-33(37-29)39-31(41)25-9-13-27(14-10-25)43-28-15-11-26(12-16-28)32(42)40-34-38-30(20-45-34)24-7-3-22(18-36)4-8-24/h1-16,19-20H,(H,37,39,41)(H,38,40,42). The molecule has 0 unspecified atom stereocenters. The minimum atomic E-state index is -0.304. The predicted octanol–water partition coefficient (Wildman–Crippen LogP) is 7.97. The van der Waals surface area contributed by atoms with Crippen LogP contribution in [0.4, 0.5) is 10.3 Å². The summed E-state index contributed by atoms with van der Waals surface area (Å²) < 4.78 is 5.90. The molecule has 0 bridgehead atoms. The third-order valence-corrected chi connectivity index (χ3v) is 8.05. The molecule has 216 valence electrons. The minimum Gasteiger partial charge on any atom is -0.457 e. The Bertz CT molecular complexity index is 1920. The highest BCUT2D eigenvalue weighted by Crippen LogP contribution is 2.28. The number of carbonyl (C=O) groups excluding carboxylic acids is 2. The highest BCUT2D eigenvalue weighted by Gasteiger charge is 2.13. The van der Waals surface area contributed by atoms with Crippen molar-refractivity contribution >= 4 is 44.8 Å². The first kappa shape index (κ1) is 29.0. The van der Waals surface area contributed by atoms with Crippen molar-refractivity contribution in [3.63, 3.8) is 0 Å². The molecule has 0 aliphatic rings. The van der Waals surface area contributed by atoms with Crippen LogP contribution in [0, 0.1) is 22.7 Å². The minimum absolute atomic E-state index is 0.304. The van der Waals surface area contributed by atoms with Gasteiger partial charge in [-0.1, -0.05) is 24.3 Å². The number of ether oxygens (including phenoxy) is 1. The number of hydrogen-bond acceptors (Lipinski definition) is 9. The van der Waals surface area contributed by atoms with E-state index in [1.54, 1.807) is 72.8 Å². The van der Waals surface area contributed by atoms with Crippen molar-refractivity contribution in [1.82, 2.24) is 9.97 Å². The molecule has 6 rings (SSSR count). The van der Waals surface area contributed by atoms with Gasteiger partial charge in [-0.3, -0.25) is 20.2 Å². The number of aromatic nitrogens is 2. The lowest BCUT2D eigenvalue weighted by atomic mass is 10.1. The maximum atomic E-state index is 12.8. The van der Waals surface area contributed by atoms with Crippen LogP contribution in [0.3, 0.4) is 0 Å². The lowest BCUT2D eigenvalue weighted by Gasteiger charge is -2.08. The number of nitrogens with zero attached hydrogens (tertiary/aromatic N) is 4. The zero-order valence-corrected chi connectivity index (χ0v) is 24.9. The highest BCUT2D eigenvalue weighted by molar-refractivity contribution is 7.14. The van der Waals surface area contributed by atoms with E-state index in [0.717, 1.165) is 11.1 Å². The van der Waals surface area contributed by atoms with Gasteiger partial charge >= 0.3 is 0 Å². The van der Waals surface area contributed by atoms with E-state index in [1.165, 1.54) is 22.7 Å². The number of hydrogen-bond donors (Lipinski definition) is 2. The van der Waals surface area contributed by atoms with E-state index in [2.05, 4.69) is 32.7 Å². The van der Waals surface area contributed by atoms with Crippen LogP contribution in [0.5, 0.6) is 11.5 Å². The van der Waals surface area contributed by atoms with Gasteiger partial charge in [0, 0.05) is 33.0 Å². The van der Waals surface area contributed by atoms with Gasteiger partial charge in [0.05, 0.1) is 34.7 Å². The largest absolute Gasteiger partial charge is 0.457 e. The molecule has 4 aromatic carbocycles. The van der Waals surface area contributed by atoms with Crippen molar-refractivity contribution in [3.05, 3.63) is 130 Å². The van der Waals surface area contributed by atoms with E-state index in [1.807, 2.05) is 35.0 Å². The maximum Gasteiger partial charge on any atom is 0.257 e. The topological polar surface area (TPSA) is 141 Å². The van der Waals surface area contributed by atoms with Gasteiger partial charge in [0.1, 0.15) is 11.5 Å². The Labute approximate surface area is 265 Å². The lowest BCUT2D eigenvalue weighted by Crippen LogP contribution is -2.11. The SMILES string of the molecule is N#Cc1ccc(-c2csc(NC(=O)c3ccc(Oc4ccc(C(=O)Nc5nc(-c6ccc(C#N)cc6)cs5)cc4)cc3)n2)cc1. The van der Waals surface area contributed by atoms with E-state index in [9.17, 15) is 9.59 Å². The number of carbonyl (C=O) groups is 2. The van der Waals surface area contributed by atoms with Crippen molar-refractivity contribution in [2.75, 3.05) is 10.6 Å². The third kappa shape index (κ3) is 6.92. The highest BCUT2D eigenvalue weighted by atomic mass is 32.1. The van der Waals surface area contributed by atoms with Crippen LogP contribution in [0.2, 0.25) is 0 Å². The van der Waals surface area contributed by atoms with Crippen molar-refractivity contribution in [2.45, 2.75) is 0 Å². The average molecular weight is 625 g/mol. The molecule has 11 heteroatoms. The molecule has 0 fully saturated rings. The Balaban J connectivity index is 1.02. The molecule has 0 spiro atoms. The summed E-state index contributed by atoms with van der Waals surface area (Å²) in [6, 6.07) is 31.7. The lowest BCUT2D eigenvalue weighted by molar-refractivity contribution is 0.101. The van der Waals surface area contributed by atoms with Gasteiger partial charge in [-0.05, 0) is 72.8 Å². The Kier molecular flexibility index (Phi) is 8.38. The van der Waals surface area contributed by atoms with Crippen molar-refractivity contribution < 1.29 is 14.3 Å².